The van der Waals surface area contributed by atoms with Crippen LogP contribution in [-0.4, -0.2) is 75.6 Å². The lowest BCUT2D eigenvalue weighted by Gasteiger charge is -2.24. The Kier molecular flexibility index (Phi) is 44.1. The van der Waals surface area contributed by atoms with Crippen molar-refractivity contribution < 1.29 is 37.3 Å². The number of esters is 1. The summed E-state index contributed by atoms with van der Waals surface area (Å²) in [6, 6.07) is 0. The first-order chi connectivity index (χ1) is 30.6. The molecule has 2 unspecified atom stereocenters. The fourth-order valence-electron chi connectivity index (χ4n) is 6.29. The van der Waals surface area contributed by atoms with Gasteiger partial charge in [-0.15, -0.1) is 0 Å². The fraction of sp³-hybridized carbons (Fsp3) is 0.685. The van der Waals surface area contributed by atoms with Gasteiger partial charge in [0.15, 0.2) is 0 Å². The van der Waals surface area contributed by atoms with Crippen molar-refractivity contribution in [1.29, 1.82) is 0 Å². The van der Waals surface area contributed by atoms with E-state index in [0.29, 0.717) is 24.1 Å². The molecular formula is C54H95NO7P+. The smallest absolute Gasteiger partial charge is 0.457 e. The van der Waals surface area contributed by atoms with Crippen molar-refractivity contribution in [3.05, 3.63) is 97.2 Å². The first kappa shape index (κ1) is 60.4. The van der Waals surface area contributed by atoms with Gasteiger partial charge in [-0.2, -0.15) is 0 Å². The SMILES string of the molecule is CC/C=C\C/C=C\C/C=C\C/C=C\C/C=C\C/C=C\CCCCC(=O)OC(COCCCCCCCCCCCC/C=C\C/C=C\CCCCC)COP(=O)(O)OCC[N+](C)(C)C. The van der Waals surface area contributed by atoms with E-state index in [1.807, 2.05) is 21.1 Å². The Labute approximate surface area is 387 Å². The number of unbranched alkanes of at least 4 members (excludes halogenated alkanes) is 15. The highest BCUT2D eigenvalue weighted by molar-refractivity contribution is 7.47. The minimum absolute atomic E-state index is 0.0740. The van der Waals surface area contributed by atoms with Crippen LogP contribution in [0.15, 0.2) is 97.2 Å². The zero-order valence-corrected chi connectivity index (χ0v) is 41.9. The summed E-state index contributed by atoms with van der Waals surface area (Å²) in [6.07, 6.45) is 63.1. The molecule has 0 radical (unpaired) electrons. The van der Waals surface area contributed by atoms with Crippen LogP contribution in [0.25, 0.3) is 0 Å². The zero-order valence-electron chi connectivity index (χ0n) is 41.0. The van der Waals surface area contributed by atoms with E-state index in [1.165, 1.54) is 83.5 Å². The monoisotopic (exact) mass is 901 g/mol. The second kappa shape index (κ2) is 46.0. The summed E-state index contributed by atoms with van der Waals surface area (Å²) in [5.41, 5.74) is 0. The van der Waals surface area contributed by atoms with Crippen LogP contribution in [0.4, 0.5) is 0 Å². The third-order valence-corrected chi connectivity index (χ3v) is 11.1. The van der Waals surface area contributed by atoms with Gasteiger partial charge >= 0.3 is 13.8 Å². The molecule has 9 heteroatoms. The number of nitrogens with zero attached hydrogens (tertiary/aromatic N) is 1. The molecule has 2 atom stereocenters. The summed E-state index contributed by atoms with van der Waals surface area (Å²) in [4.78, 5) is 23.0. The topological polar surface area (TPSA) is 91.3 Å². The van der Waals surface area contributed by atoms with Gasteiger partial charge in [0.2, 0.25) is 0 Å². The predicted octanol–water partition coefficient (Wildman–Crippen LogP) is 15.4. The molecule has 0 heterocycles. The van der Waals surface area contributed by atoms with Gasteiger partial charge in [0, 0.05) is 13.0 Å². The highest BCUT2D eigenvalue weighted by Crippen LogP contribution is 2.43. The Morgan fingerprint density at radius 2 is 0.921 bits per heavy atom. The number of carbonyl (C=O) groups excluding carboxylic acids is 1. The molecule has 0 bridgehead atoms. The Balaban J connectivity index is 4.28. The lowest BCUT2D eigenvalue weighted by Crippen LogP contribution is -2.37. The van der Waals surface area contributed by atoms with E-state index in [1.54, 1.807) is 0 Å². The molecule has 0 amide bonds. The molecule has 0 aromatic rings. The number of hydrogen-bond acceptors (Lipinski definition) is 6. The van der Waals surface area contributed by atoms with Gasteiger partial charge in [-0.3, -0.25) is 13.8 Å². The number of hydrogen-bond donors (Lipinski definition) is 1. The Morgan fingerprint density at radius 3 is 1.38 bits per heavy atom. The van der Waals surface area contributed by atoms with Crippen molar-refractivity contribution in [1.82, 2.24) is 0 Å². The van der Waals surface area contributed by atoms with Crippen molar-refractivity contribution >= 4 is 13.8 Å². The largest absolute Gasteiger partial charge is 0.472 e. The molecule has 0 aliphatic carbocycles. The summed E-state index contributed by atoms with van der Waals surface area (Å²) in [5, 5.41) is 0. The lowest BCUT2D eigenvalue weighted by atomic mass is 10.1. The second-order valence-electron chi connectivity index (χ2n) is 17.5. The molecule has 0 aromatic carbocycles. The number of quaternary nitrogens is 1. The number of allylic oxidation sites excluding steroid dienone is 16. The van der Waals surface area contributed by atoms with Crippen molar-refractivity contribution in [2.75, 3.05) is 54.1 Å². The van der Waals surface area contributed by atoms with Crippen LogP contribution in [0.2, 0.25) is 0 Å². The van der Waals surface area contributed by atoms with Crippen LogP contribution in [0.5, 0.6) is 0 Å². The van der Waals surface area contributed by atoms with Gasteiger partial charge in [0.1, 0.15) is 19.3 Å². The van der Waals surface area contributed by atoms with E-state index in [9.17, 15) is 14.3 Å². The number of rotatable bonds is 45. The standard InChI is InChI=1S/C54H94NO7P/c1-6-8-10-12-14-16-18-20-22-24-26-28-29-31-33-35-37-39-41-43-45-47-54(56)62-53(52-61-63(57,58)60-50-48-55(3,4)5)51-59-49-46-44-42-40-38-36-34-32-30-27-25-23-21-19-17-15-13-11-9-7-2/h8,10,14-17,20-23,26,28,31,33,37,39,53H,6-7,9,11-13,18-19,24-25,27,29-30,32,34-36,38,40-52H2,1-5H3/p+1/b10-8-,16-14-,17-15-,22-20-,23-21-,28-26-,33-31-,39-37-. The van der Waals surface area contributed by atoms with Gasteiger partial charge in [0.25, 0.3) is 0 Å². The maximum Gasteiger partial charge on any atom is 0.472 e. The Bertz CT molecular complexity index is 1320. The molecule has 362 valence electrons. The molecule has 0 rings (SSSR count). The van der Waals surface area contributed by atoms with Gasteiger partial charge in [-0.05, 0) is 96.3 Å². The average Bonchev–Trinajstić information content (AvgIpc) is 3.24. The van der Waals surface area contributed by atoms with Crippen LogP contribution < -0.4 is 0 Å². The van der Waals surface area contributed by atoms with E-state index in [2.05, 4.69) is 111 Å². The van der Waals surface area contributed by atoms with Crippen molar-refractivity contribution in [3.63, 3.8) is 0 Å². The number of ether oxygens (including phenoxy) is 2. The number of phosphoric acid groups is 1. The summed E-state index contributed by atoms with van der Waals surface area (Å²) in [7, 11) is 1.62. The molecule has 1 N–H and O–H groups in total. The van der Waals surface area contributed by atoms with Crippen LogP contribution in [0, 0.1) is 0 Å². The fourth-order valence-corrected chi connectivity index (χ4v) is 7.03. The van der Waals surface area contributed by atoms with Gasteiger partial charge < -0.3 is 18.9 Å². The zero-order chi connectivity index (χ0) is 46.2. The molecule has 0 aromatic heterocycles. The molecule has 0 aliphatic rings. The molecule has 0 fully saturated rings. The van der Waals surface area contributed by atoms with E-state index in [-0.39, 0.29) is 32.2 Å². The first-order valence-electron chi connectivity index (χ1n) is 25.0. The average molecular weight is 901 g/mol. The maximum atomic E-state index is 12.7. The highest BCUT2D eigenvalue weighted by Gasteiger charge is 2.26. The number of carbonyl (C=O) groups is 1. The maximum absolute atomic E-state index is 12.7. The number of likely N-dealkylation sites (N-methyl/N-ethyl adjacent to an activating group) is 1. The van der Waals surface area contributed by atoms with E-state index in [4.69, 9.17) is 18.5 Å². The molecule has 0 saturated carbocycles. The molecule has 8 nitrogen and oxygen atoms in total. The number of phosphoric ester groups is 1. The normalized spacial score (nSPS) is 14.4. The quantitative estimate of drug-likeness (QED) is 0.0214. The summed E-state index contributed by atoms with van der Waals surface area (Å²) >= 11 is 0. The predicted molar refractivity (Wildman–Crippen MR) is 270 cm³/mol. The minimum Gasteiger partial charge on any atom is -0.457 e. The first-order valence-corrected chi connectivity index (χ1v) is 26.5. The summed E-state index contributed by atoms with van der Waals surface area (Å²) in [6.45, 7) is 5.40. The summed E-state index contributed by atoms with van der Waals surface area (Å²) < 4.78 is 35.1. The van der Waals surface area contributed by atoms with Gasteiger partial charge in [0.05, 0.1) is 34.4 Å². The highest BCUT2D eigenvalue weighted by atomic mass is 31.2. The molecule has 0 saturated heterocycles. The van der Waals surface area contributed by atoms with Crippen LogP contribution in [0.1, 0.15) is 181 Å². The third-order valence-electron chi connectivity index (χ3n) is 10.1. The van der Waals surface area contributed by atoms with E-state index < -0.39 is 13.9 Å². The lowest BCUT2D eigenvalue weighted by molar-refractivity contribution is -0.870. The van der Waals surface area contributed by atoms with E-state index in [0.717, 1.165) is 70.6 Å². The third kappa shape index (κ3) is 50.3. The van der Waals surface area contributed by atoms with Crippen LogP contribution >= 0.6 is 7.82 Å². The van der Waals surface area contributed by atoms with Crippen LogP contribution in [-0.2, 0) is 27.9 Å². The van der Waals surface area contributed by atoms with Crippen molar-refractivity contribution in [2.45, 2.75) is 187 Å². The molecular weight excluding hydrogens is 806 g/mol. The molecule has 0 spiro atoms. The summed E-state index contributed by atoms with van der Waals surface area (Å²) in [5.74, 6) is -0.359. The van der Waals surface area contributed by atoms with Crippen molar-refractivity contribution in [3.8, 4) is 0 Å². The van der Waals surface area contributed by atoms with Gasteiger partial charge in [-0.25, -0.2) is 4.57 Å². The Morgan fingerprint density at radius 1 is 0.508 bits per heavy atom. The Hall–Kier alpha value is -2.58. The van der Waals surface area contributed by atoms with Crippen molar-refractivity contribution in [2.24, 2.45) is 0 Å². The van der Waals surface area contributed by atoms with Gasteiger partial charge in [-0.1, -0.05) is 175 Å². The van der Waals surface area contributed by atoms with Crippen LogP contribution in [0.3, 0.4) is 0 Å². The second-order valence-corrected chi connectivity index (χ2v) is 18.9. The molecule has 0 aliphatic heterocycles. The van der Waals surface area contributed by atoms with E-state index >= 15 is 0 Å². The molecule has 63 heavy (non-hydrogen) atoms. The minimum atomic E-state index is -4.30.